The number of hydrogen-bond acceptors (Lipinski definition) is 4. The van der Waals surface area contributed by atoms with E-state index >= 15 is 0 Å². The molecule has 0 aliphatic heterocycles. The van der Waals surface area contributed by atoms with Gasteiger partial charge in [0.2, 0.25) is 5.88 Å². The molecule has 1 heterocycles. The molecule has 0 unspecified atom stereocenters. The standard InChI is InChI=1S/C19H29N3O2S/c1-10(2)9-22-18(24)16(17(23)21-19(22)25)12(4)20-11(3)15-8-13-5-6-14(15)7-13/h10-11,13-15,24H,5-9H2,1-4H3,(H,21,23,25)/t11-,13+,14+,15+/m1/s1. The zero-order valence-electron chi connectivity index (χ0n) is 15.6. The fourth-order valence-corrected chi connectivity index (χ4v) is 5.02. The Bertz CT molecular complexity index is 793. The molecule has 1 aromatic heterocycles. The van der Waals surface area contributed by atoms with Crippen molar-refractivity contribution in [3.8, 4) is 5.88 Å². The van der Waals surface area contributed by atoms with Gasteiger partial charge in [-0.2, -0.15) is 0 Å². The second kappa shape index (κ2) is 7.06. The van der Waals surface area contributed by atoms with E-state index in [1.165, 1.54) is 25.7 Å². The molecule has 0 amide bonds. The maximum atomic E-state index is 12.4. The average Bonchev–Trinajstić information content (AvgIpc) is 3.13. The average molecular weight is 364 g/mol. The number of rotatable bonds is 5. The van der Waals surface area contributed by atoms with Crippen molar-refractivity contribution >= 4 is 17.9 Å². The smallest absolute Gasteiger partial charge is 0.264 e. The topological polar surface area (TPSA) is 70.4 Å². The van der Waals surface area contributed by atoms with Crippen LogP contribution in [0.3, 0.4) is 0 Å². The molecule has 2 bridgehead atoms. The fraction of sp³-hybridized carbons (Fsp3) is 0.737. The molecule has 0 radical (unpaired) electrons. The van der Waals surface area contributed by atoms with E-state index < -0.39 is 0 Å². The van der Waals surface area contributed by atoms with E-state index in [1.54, 1.807) is 4.57 Å². The van der Waals surface area contributed by atoms with Crippen LogP contribution in [0.25, 0.3) is 0 Å². The number of nitrogens with zero attached hydrogens (tertiary/aromatic N) is 2. The van der Waals surface area contributed by atoms with E-state index in [0.717, 1.165) is 11.8 Å². The first kappa shape index (κ1) is 18.4. The third-order valence-electron chi connectivity index (χ3n) is 5.89. The van der Waals surface area contributed by atoms with E-state index in [9.17, 15) is 9.90 Å². The minimum absolute atomic E-state index is 0.0659. The van der Waals surface area contributed by atoms with Crippen LogP contribution >= 0.6 is 12.2 Å². The lowest BCUT2D eigenvalue weighted by Crippen LogP contribution is -2.26. The van der Waals surface area contributed by atoms with Gasteiger partial charge in [0, 0.05) is 6.54 Å². The lowest BCUT2D eigenvalue weighted by Gasteiger charge is -2.25. The van der Waals surface area contributed by atoms with Gasteiger partial charge in [-0.15, -0.1) is 0 Å². The molecule has 3 rings (SSSR count). The first-order chi connectivity index (χ1) is 11.8. The van der Waals surface area contributed by atoms with Crippen molar-refractivity contribution < 1.29 is 5.11 Å². The molecule has 2 N–H and O–H groups in total. The Hall–Kier alpha value is -1.43. The maximum Gasteiger partial charge on any atom is 0.264 e. The molecule has 4 atom stereocenters. The predicted molar refractivity (Wildman–Crippen MR) is 103 cm³/mol. The number of H-pyrrole nitrogens is 1. The summed E-state index contributed by atoms with van der Waals surface area (Å²) in [5, 5.41) is 10.6. The molecule has 0 aromatic carbocycles. The summed E-state index contributed by atoms with van der Waals surface area (Å²) in [5.74, 6) is 2.50. The minimum Gasteiger partial charge on any atom is -0.494 e. The zero-order chi connectivity index (χ0) is 18.3. The molecular weight excluding hydrogens is 334 g/mol. The van der Waals surface area contributed by atoms with Crippen molar-refractivity contribution in [3.63, 3.8) is 0 Å². The number of aliphatic imine (C=N–C) groups is 1. The molecule has 25 heavy (non-hydrogen) atoms. The first-order valence-electron chi connectivity index (χ1n) is 9.38. The van der Waals surface area contributed by atoms with Gasteiger partial charge < -0.3 is 5.11 Å². The van der Waals surface area contributed by atoms with Crippen LogP contribution in [0, 0.1) is 28.4 Å². The highest BCUT2D eigenvalue weighted by molar-refractivity contribution is 7.71. The molecule has 6 heteroatoms. The number of aromatic amines is 1. The summed E-state index contributed by atoms with van der Waals surface area (Å²) in [6, 6.07) is 0.177. The lowest BCUT2D eigenvalue weighted by molar-refractivity contribution is 0.294. The monoisotopic (exact) mass is 363 g/mol. The van der Waals surface area contributed by atoms with E-state index in [4.69, 9.17) is 17.2 Å². The van der Waals surface area contributed by atoms with Crippen molar-refractivity contribution in [1.82, 2.24) is 9.55 Å². The van der Waals surface area contributed by atoms with E-state index in [2.05, 4.69) is 11.9 Å². The molecule has 0 spiro atoms. The first-order valence-corrected chi connectivity index (χ1v) is 9.79. The Kier molecular flexibility index (Phi) is 5.19. The van der Waals surface area contributed by atoms with Crippen LogP contribution in [-0.4, -0.2) is 26.4 Å². The van der Waals surface area contributed by atoms with Crippen molar-refractivity contribution in [2.24, 2.45) is 28.7 Å². The summed E-state index contributed by atoms with van der Waals surface area (Å²) in [4.78, 5) is 19.9. The molecule has 1 aromatic rings. The van der Waals surface area contributed by atoms with Crippen LogP contribution in [0.4, 0.5) is 0 Å². The second-order valence-electron chi connectivity index (χ2n) is 8.26. The van der Waals surface area contributed by atoms with E-state index in [0.29, 0.717) is 24.1 Å². The fourth-order valence-electron chi connectivity index (χ4n) is 4.77. The van der Waals surface area contributed by atoms with Gasteiger partial charge in [-0.3, -0.25) is 19.3 Å². The third-order valence-corrected chi connectivity index (χ3v) is 6.21. The molecule has 2 aliphatic carbocycles. The van der Waals surface area contributed by atoms with Crippen LogP contribution in [0.5, 0.6) is 5.88 Å². The second-order valence-corrected chi connectivity index (χ2v) is 8.64. The summed E-state index contributed by atoms with van der Waals surface area (Å²) in [6.07, 6.45) is 5.28. The molecule has 138 valence electrons. The van der Waals surface area contributed by atoms with Crippen molar-refractivity contribution in [2.45, 2.75) is 66.0 Å². The minimum atomic E-state index is -0.358. The van der Waals surface area contributed by atoms with Gasteiger partial charge in [0.05, 0.1) is 11.8 Å². The molecular formula is C19H29N3O2S. The molecule has 2 fully saturated rings. The Morgan fingerprint density at radius 2 is 2.08 bits per heavy atom. The van der Waals surface area contributed by atoms with Crippen molar-refractivity contribution in [1.29, 1.82) is 0 Å². The number of aromatic nitrogens is 2. The van der Waals surface area contributed by atoms with Crippen molar-refractivity contribution in [3.05, 3.63) is 20.7 Å². The molecule has 5 nitrogen and oxygen atoms in total. The Labute approximate surface area is 154 Å². The number of fused-ring (bicyclic) bond motifs is 2. The molecule has 2 aliphatic rings. The van der Waals surface area contributed by atoms with Gasteiger partial charge in [-0.25, -0.2) is 0 Å². The molecule has 2 saturated carbocycles. The third kappa shape index (κ3) is 3.59. The Balaban J connectivity index is 1.92. The summed E-state index contributed by atoms with van der Waals surface area (Å²) >= 11 is 5.21. The summed E-state index contributed by atoms with van der Waals surface area (Å²) in [6.45, 7) is 8.61. The number of nitrogens with one attached hydrogen (secondary N) is 1. The molecule has 0 saturated heterocycles. The summed E-state index contributed by atoms with van der Waals surface area (Å²) in [7, 11) is 0. The zero-order valence-corrected chi connectivity index (χ0v) is 16.4. The van der Waals surface area contributed by atoms with Gasteiger partial charge >= 0.3 is 0 Å². The SMILES string of the molecule is CC(=N[C@H](C)[C@@H]1C[C@H]2CC[C@H]1C2)c1c(O)n(CC(C)C)c(=S)[nH]c1=O. The Morgan fingerprint density at radius 1 is 1.36 bits per heavy atom. The number of aromatic hydroxyl groups is 1. The van der Waals surface area contributed by atoms with E-state index in [1.807, 2.05) is 20.8 Å². The van der Waals surface area contributed by atoms with Gasteiger partial charge in [0.25, 0.3) is 5.56 Å². The van der Waals surface area contributed by atoms with Gasteiger partial charge in [-0.05, 0) is 69.0 Å². The van der Waals surface area contributed by atoms with Crippen LogP contribution < -0.4 is 5.56 Å². The van der Waals surface area contributed by atoms with Gasteiger partial charge in [0.15, 0.2) is 4.77 Å². The maximum absolute atomic E-state index is 12.4. The van der Waals surface area contributed by atoms with E-state index in [-0.39, 0.29) is 27.8 Å². The normalized spacial score (nSPS) is 27.2. The highest BCUT2D eigenvalue weighted by Crippen LogP contribution is 2.50. The highest BCUT2D eigenvalue weighted by Gasteiger charge is 2.41. The predicted octanol–water partition coefficient (Wildman–Crippen LogP) is 3.90. The number of hydrogen-bond donors (Lipinski definition) is 2. The van der Waals surface area contributed by atoms with Gasteiger partial charge in [-0.1, -0.05) is 20.3 Å². The summed E-state index contributed by atoms with van der Waals surface area (Å²) < 4.78 is 1.85. The van der Waals surface area contributed by atoms with Crippen LogP contribution in [0.2, 0.25) is 0 Å². The van der Waals surface area contributed by atoms with Gasteiger partial charge in [0.1, 0.15) is 5.56 Å². The Morgan fingerprint density at radius 3 is 2.64 bits per heavy atom. The van der Waals surface area contributed by atoms with Crippen molar-refractivity contribution in [2.75, 3.05) is 0 Å². The quantitative estimate of drug-likeness (QED) is 0.616. The van der Waals surface area contributed by atoms with Crippen LogP contribution in [0.15, 0.2) is 9.79 Å². The largest absolute Gasteiger partial charge is 0.494 e. The van der Waals surface area contributed by atoms with Crippen LogP contribution in [0.1, 0.15) is 58.9 Å². The summed E-state index contributed by atoms with van der Waals surface area (Å²) in [5.41, 5.74) is 0.495. The lowest BCUT2D eigenvalue weighted by atomic mass is 9.84. The van der Waals surface area contributed by atoms with Crippen LogP contribution in [-0.2, 0) is 6.54 Å². The highest BCUT2D eigenvalue weighted by atomic mass is 32.1.